The second-order valence-electron chi connectivity index (χ2n) is 4.64. The molecule has 0 saturated carbocycles. The lowest BCUT2D eigenvalue weighted by Gasteiger charge is -2.35. The quantitative estimate of drug-likeness (QED) is 0.915. The highest BCUT2D eigenvalue weighted by atomic mass is 35.5. The maximum absolute atomic E-state index is 12.3. The first-order chi connectivity index (χ1) is 8.72. The van der Waals surface area contributed by atoms with E-state index in [9.17, 15) is 4.79 Å². The van der Waals surface area contributed by atoms with Crippen LogP contribution in [-0.2, 0) is 0 Å². The number of nitrogens with one attached hydrogen (secondary N) is 1. The second kappa shape index (κ2) is 6.25. The molecule has 1 N–H and O–H groups in total. The van der Waals surface area contributed by atoms with Crippen LogP contribution in [0.5, 0.6) is 0 Å². The summed E-state index contributed by atoms with van der Waals surface area (Å²) < 4.78 is 5.21. The normalized spacial score (nSPS) is 20.1. The first-order valence-electron chi connectivity index (χ1n) is 6.43. The lowest BCUT2D eigenvalue weighted by atomic mass is 9.99. The number of hydrogen-bond acceptors (Lipinski definition) is 3. The number of furan rings is 1. The molecule has 1 aliphatic rings. The smallest absolute Gasteiger partial charge is 0.289 e. The number of likely N-dealkylation sites (tertiary alicyclic amines) is 1. The second-order valence-corrected chi connectivity index (χ2v) is 5.02. The lowest BCUT2D eigenvalue weighted by molar-refractivity contribution is 0.0570. The number of piperidine rings is 1. The Bertz CT molecular complexity index is 405. The molecule has 0 bridgehead atoms. The molecule has 1 aliphatic heterocycles. The van der Waals surface area contributed by atoms with Crippen LogP contribution in [0, 0.1) is 0 Å². The van der Waals surface area contributed by atoms with Crippen molar-refractivity contribution < 1.29 is 9.21 Å². The van der Waals surface area contributed by atoms with Crippen LogP contribution in [0.2, 0.25) is 5.22 Å². The Hall–Kier alpha value is -1.00. The topological polar surface area (TPSA) is 45.5 Å². The number of amides is 1. The highest BCUT2D eigenvalue weighted by molar-refractivity contribution is 6.29. The van der Waals surface area contributed by atoms with Gasteiger partial charge in [0, 0.05) is 12.6 Å². The van der Waals surface area contributed by atoms with Crippen molar-refractivity contribution in [1.82, 2.24) is 10.2 Å². The predicted molar refractivity (Wildman–Crippen MR) is 70.9 cm³/mol. The van der Waals surface area contributed by atoms with E-state index in [-0.39, 0.29) is 11.1 Å². The monoisotopic (exact) mass is 270 g/mol. The summed E-state index contributed by atoms with van der Waals surface area (Å²) in [5.41, 5.74) is 0. The zero-order valence-corrected chi connectivity index (χ0v) is 11.4. The summed E-state index contributed by atoms with van der Waals surface area (Å²) >= 11 is 5.72. The third-order valence-corrected chi connectivity index (χ3v) is 3.60. The van der Waals surface area contributed by atoms with Gasteiger partial charge in [-0.3, -0.25) is 4.79 Å². The van der Waals surface area contributed by atoms with Crippen LogP contribution in [0.3, 0.4) is 0 Å². The van der Waals surface area contributed by atoms with Crippen molar-refractivity contribution in [3.63, 3.8) is 0 Å². The van der Waals surface area contributed by atoms with Gasteiger partial charge in [-0.05, 0) is 63.0 Å². The maximum Gasteiger partial charge on any atom is 0.289 e. The first-order valence-corrected chi connectivity index (χ1v) is 6.81. The van der Waals surface area contributed by atoms with Gasteiger partial charge < -0.3 is 14.6 Å². The van der Waals surface area contributed by atoms with Gasteiger partial charge in [-0.25, -0.2) is 0 Å². The molecule has 4 nitrogen and oxygen atoms in total. The fourth-order valence-corrected chi connectivity index (χ4v) is 2.60. The molecule has 2 heterocycles. The van der Waals surface area contributed by atoms with Crippen LogP contribution in [0.25, 0.3) is 0 Å². The van der Waals surface area contributed by atoms with Crippen LogP contribution in [-0.4, -0.2) is 37.0 Å². The van der Waals surface area contributed by atoms with E-state index in [2.05, 4.69) is 5.32 Å². The molecular weight excluding hydrogens is 252 g/mol. The van der Waals surface area contributed by atoms with Gasteiger partial charge in [-0.1, -0.05) is 0 Å². The van der Waals surface area contributed by atoms with E-state index in [1.807, 2.05) is 11.9 Å². The minimum Gasteiger partial charge on any atom is -0.440 e. The van der Waals surface area contributed by atoms with Gasteiger partial charge >= 0.3 is 0 Å². The van der Waals surface area contributed by atoms with Crippen LogP contribution in [0.4, 0.5) is 0 Å². The molecule has 0 spiro atoms. The third-order valence-electron chi connectivity index (χ3n) is 3.40. The van der Waals surface area contributed by atoms with Gasteiger partial charge in [0.15, 0.2) is 11.0 Å². The van der Waals surface area contributed by atoms with Gasteiger partial charge in [-0.15, -0.1) is 0 Å². The summed E-state index contributed by atoms with van der Waals surface area (Å²) in [6.07, 6.45) is 4.31. The van der Waals surface area contributed by atoms with E-state index in [4.69, 9.17) is 16.0 Å². The van der Waals surface area contributed by atoms with Crippen molar-refractivity contribution in [2.45, 2.75) is 31.7 Å². The van der Waals surface area contributed by atoms with Gasteiger partial charge in [0.1, 0.15) is 0 Å². The van der Waals surface area contributed by atoms with Gasteiger partial charge in [-0.2, -0.15) is 0 Å². The van der Waals surface area contributed by atoms with Crippen LogP contribution < -0.4 is 5.32 Å². The van der Waals surface area contributed by atoms with Crippen molar-refractivity contribution in [3.05, 3.63) is 23.1 Å². The Morgan fingerprint density at radius 1 is 1.56 bits per heavy atom. The Balaban J connectivity index is 2.06. The highest BCUT2D eigenvalue weighted by Crippen LogP contribution is 2.23. The molecular formula is C13H19ClN2O2. The van der Waals surface area contributed by atoms with Crippen molar-refractivity contribution in [1.29, 1.82) is 0 Å². The summed E-state index contributed by atoms with van der Waals surface area (Å²) in [5, 5.41) is 3.40. The zero-order chi connectivity index (χ0) is 13.0. The number of rotatable bonds is 4. The van der Waals surface area contributed by atoms with Gasteiger partial charge in [0.05, 0.1) is 0 Å². The summed E-state index contributed by atoms with van der Waals surface area (Å²) in [6, 6.07) is 3.57. The SMILES string of the molecule is CNCCC1CCCCN1C(=O)c1ccc(Cl)o1. The summed E-state index contributed by atoms with van der Waals surface area (Å²) in [4.78, 5) is 14.3. The number of carbonyl (C=O) groups excluding carboxylic acids is 1. The van der Waals surface area contributed by atoms with Crippen molar-refractivity contribution in [2.24, 2.45) is 0 Å². The van der Waals surface area contributed by atoms with Gasteiger partial charge in [0.25, 0.3) is 5.91 Å². The van der Waals surface area contributed by atoms with Crippen molar-refractivity contribution in [3.8, 4) is 0 Å². The molecule has 2 rings (SSSR count). The highest BCUT2D eigenvalue weighted by Gasteiger charge is 2.28. The minimum absolute atomic E-state index is 0.0392. The van der Waals surface area contributed by atoms with E-state index in [0.717, 1.165) is 32.4 Å². The standard InChI is InChI=1S/C13H19ClN2O2/c1-15-8-7-10-4-2-3-9-16(10)13(17)11-5-6-12(14)18-11/h5-6,10,15H,2-4,7-9H2,1H3. The molecule has 100 valence electrons. The fourth-order valence-electron chi connectivity index (χ4n) is 2.45. The van der Waals surface area contributed by atoms with E-state index in [0.29, 0.717) is 11.8 Å². The summed E-state index contributed by atoms with van der Waals surface area (Å²) in [6.45, 7) is 1.74. The van der Waals surface area contributed by atoms with Crippen LogP contribution in [0.15, 0.2) is 16.5 Å². The Labute approximate surface area is 112 Å². The Morgan fingerprint density at radius 2 is 2.39 bits per heavy atom. The molecule has 1 unspecified atom stereocenters. The molecule has 1 saturated heterocycles. The Kier molecular flexibility index (Phi) is 4.66. The lowest BCUT2D eigenvalue weighted by Crippen LogP contribution is -2.44. The number of nitrogens with zero attached hydrogens (tertiary/aromatic N) is 1. The Morgan fingerprint density at radius 3 is 3.06 bits per heavy atom. The van der Waals surface area contributed by atoms with Crippen LogP contribution in [0.1, 0.15) is 36.2 Å². The van der Waals surface area contributed by atoms with Crippen molar-refractivity contribution >= 4 is 17.5 Å². The molecule has 1 fully saturated rings. The predicted octanol–water partition coefficient (Wildman–Crippen LogP) is 2.54. The van der Waals surface area contributed by atoms with E-state index >= 15 is 0 Å². The molecule has 0 aromatic carbocycles. The summed E-state index contributed by atoms with van der Waals surface area (Å²) in [5.74, 6) is 0.305. The molecule has 1 aromatic heterocycles. The summed E-state index contributed by atoms with van der Waals surface area (Å²) in [7, 11) is 1.93. The maximum atomic E-state index is 12.3. The largest absolute Gasteiger partial charge is 0.440 e. The first kappa shape index (κ1) is 13.4. The number of carbonyl (C=O) groups is 1. The average Bonchev–Trinajstić information content (AvgIpc) is 2.82. The van der Waals surface area contributed by atoms with Crippen LogP contribution >= 0.6 is 11.6 Å². The minimum atomic E-state index is -0.0392. The molecule has 18 heavy (non-hydrogen) atoms. The molecule has 1 aromatic rings. The molecule has 0 radical (unpaired) electrons. The van der Waals surface area contributed by atoms with E-state index < -0.39 is 0 Å². The van der Waals surface area contributed by atoms with E-state index in [1.54, 1.807) is 12.1 Å². The fraction of sp³-hybridized carbons (Fsp3) is 0.615. The average molecular weight is 271 g/mol. The molecule has 0 aliphatic carbocycles. The third kappa shape index (κ3) is 3.06. The zero-order valence-electron chi connectivity index (χ0n) is 10.6. The number of hydrogen-bond donors (Lipinski definition) is 1. The van der Waals surface area contributed by atoms with Gasteiger partial charge in [0.2, 0.25) is 0 Å². The van der Waals surface area contributed by atoms with E-state index in [1.165, 1.54) is 6.42 Å². The number of halogens is 1. The molecule has 5 heteroatoms. The molecule has 1 amide bonds. The molecule has 1 atom stereocenters. The van der Waals surface area contributed by atoms with Crippen molar-refractivity contribution in [2.75, 3.05) is 20.1 Å².